The van der Waals surface area contributed by atoms with Gasteiger partial charge in [0, 0.05) is 33.0 Å². The summed E-state index contributed by atoms with van der Waals surface area (Å²) in [5, 5.41) is 0. The first kappa shape index (κ1) is 24.1. The lowest BCUT2D eigenvalue weighted by atomic mass is 9.64. The third-order valence-corrected chi connectivity index (χ3v) is 6.67. The maximum absolute atomic E-state index is 6.50. The minimum absolute atomic E-state index is 0.251. The molecule has 1 unspecified atom stereocenters. The quantitative estimate of drug-likeness (QED) is 0.487. The second-order valence-corrected chi connectivity index (χ2v) is 11.1. The molecule has 2 fully saturated rings. The van der Waals surface area contributed by atoms with Crippen molar-refractivity contribution in [2.45, 2.75) is 98.4 Å². The lowest BCUT2D eigenvalue weighted by Crippen LogP contribution is -2.40. The van der Waals surface area contributed by atoms with Gasteiger partial charge in [-0.2, -0.15) is 0 Å². The lowest BCUT2D eigenvalue weighted by molar-refractivity contribution is -0.198. The average Bonchev–Trinajstić information content (AvgIpc) is 2.98. The van der Waals surface area contributed by atoms with Crippen LogP contribution in [0.3, 0.4) is 0 Å². The monoisotopic (exact) mass is 397 g/mol. The standard InChI is InChI=1S/C24H47NO3/c1-8-14-25(16-17-26-7)15-11-21-18-27-24(28-21)12-9-20(10-13-24)23(5,6)19-22(2,3)4/h20-21H,8-19H2,1-7H3. The molecule has 28 heavy (non-hydrogen) atoms. The maximum Gasteiger partial charge on any atom is 0.168 e. The van der Waals surface area contributed by atoms with Crippen molar-refractivity contribution in [1.82, 2.24) is 4.90 Å². The van der Waals surface area contributed by atoms with Crippen LogP contribution >= 0.6 is 0 Å². The third kappa shape index (κ3) is 7.27. The Morgan fingerprint density at radius 1 is 1.04 bits per heavy atom. The summed E-state index contributed by atoms with van der Waals surface area (Å²) in [5.41, 5.74) is 0.775. The van der Waals surface area contributed by atoms with Crippen LogP contribution in [0.4, 0.5) is 0 Å². The average molecular weight is 398 g/mol. The zero-order valence-electron chi connectivity index (χ0n) is 19.8. The van der Waals surface area contributed by atoms with Crippen molar-refractivity contribution >= 4 is 0 Å². The zero-order valence-corrected chi connectivity index (χ0v) is 19.8. The summed E-state index contributed by atoms with van der Waals surface area (Å²) in [6.45, 7) is 19.0. The Labute approximate surface area is 174 Å². The number of rotatable bonds is 10. The smallest absolute Gasteiger partial charge is 0.168 e. The molecule has 1 spiro atoms. The molecule has 0 aromatic carbocycles. The Morgan fingerprint density at radius 2 is 1.71 bits per heavy atom. The van der Waals surface area contributed by atoms with Gasteiger partial charge in [0.05, 0.1) is 19.3 Å². The Morgan fingerprint density at radius 3 is 2.29 bits per heavy atom. The molecular formula is C24H47NO3. The van der Waals surface area contributed by atoms with Gasteiger partial charge in [-0.1, -0.05) is 41.5 Å². The summed E-state index contributed by atoms with van der Waals surface area (Å²) in [6, 6.07) is 0. The van der Waals surface area contributed by atoms with Crippen molar-refractivity contribution < 1.29 is 14.2 Å². The molecule has 2 aliphatic rings. The number of ether oxygens (including phenoxy) is 3. The van der Waals surface area contributed by atoms with Gasteiger partial charge in [-0.15, -0.1) is 0 Å². The van der Waals surface area contributed by atoms with Gasteiger partial charge in [-0.3, -0.25) is 0 Å². The van der Waals surface area contributed by atoms with Gasteiger partial charge in [-0.25, -0.2) is 0 Å². The van der Waals surface area contributed by atoms with E-state index in [0.717, 1.165) is 58.0 Å². The zero-order chi connectivity index (χ0) is 20.8. The molecule has 0 radical (unpaired) electrons. The highest BCUT2D eigenvalue weighted by Gasteiger charge is 2.47. The van der Waals surface area contributed by atoms with E-state index in [1.165, 1.54) is 25.7 Å². The Balaban J connectivity index is 1.79. The van der Waals surface area contributed by atoms with Crippen LogP contribution in [-0.4, -0.2) is 56.7 Å². The van der Waals surface area contributed by atoms with Crippen molar-refractivity contribution in [2.75, 3.05) is 40.0 Å². The van der Waals surface area contributed by atoms with Crippen LogP contribution in [0.5, 0.6) is 0 Å². The molecule has 166 valence electrons. The van der Waals surface area contributed by atoms with Gasteiger partial charge < -0.3 is 19.1 Å². The normalized spacial score (nSPS) is 29.1. The van der Waals surface area contributed by atoms with E-state index in [1.54, 1.807) is 7.11 Å². The van der Waals surface area contributed by atoms with E-state index < -0.39 is 0 Å². The molecule has 2 rings (SSSR count). The third-order valence-electron chi connectivity index (χ3n) is 6.67. The molecule has 0 aromatic rings. The van der Waals surface area contributed by atoms with Gasteiger partial charge in [0.15, 0.2) is 5.79 Å². The van der Waals surface area contributed by atoms with E-state index in [4.69, 9.17) is 14.2 Å². The first-order valence-electron chi connectivity index (χ1n) is 11.6. The molecule has 1 aliphatic carbocycles. The second kappa shape index (κ2) is 10.2. The van der Waals surface area contributed by atoms with Gasteiger partial charge in [-0.05, 0) is 55.4 Å². The first-order chi connectivity index (χ1) is 13.1. The van der Waals surface area contributed by atoms with E-state index in [9.17, 15) is 0 Å². The number of methoxy groups -OCH3 is 1. The van der Waals surface area contributed by atoms with Gasteiger partial charge in [0.25, 0.3) is 0 Å². The lowest BCUT2D eigenvalue weighted by Gasteiger charge is -2.45. The topological polar surface area (TPSA) is 30.9 Å². The molecule has 1 heterocycles. The number of hydrogen-bond donors (Lipinski definition) is 0. The highest BCUT2D eigenvalue weighted by molar-refractivity contribution is 4.91. The molecule has 1 aliphatic heterocycles. The van der Waals surface area contributed by atoms with Gasteiger partial charge in [0.2, 0.25) is 0 Å². The van der Waals surface area contributed by atoms with Crippen molar-refractivity contribution in [3.8, 4) is 0 Å². The Hall–Kier alpha value is -0.160. The fraction of sp³-hybridized carbons (Fsp3) is 1.00. The maximum atomic E-state index is 6.50. The fourth-order valence-electron chi connectivity index (χ4n) is 5.57. The van der Waals surface area contributed by atoms with Crippen LogP contribution in [0.15, 0.2) is 0 Å². The summed E-state index contributed by atoms with van der Waals surface area (Å²) in [5.74, 6) is 0.485. The van der Waals surface area contributed by atoms with Crippen molar-refractivity contribution in [2.24, 2.45) is 16.7 Å². The predicted molar refractivity (Wildman–Crippen MR) is 117 cm³/mol. The van der Waals surface area contributed by atoms with Crippen LogP contribution in [0, 0.1) is 16.7 Å². The van der Waals surface area contributed by atoms with Crippen LogP contribution in [-0.2, 0) is 14.2 Å². The highest BCUT2D eigenvalue weighted by atomic mass is 16.7. The summed E-state index contributed by atoms with van der Waals surface area (Å²) >= 11 is 0. The molecular weight excluding hydrogens is 350 g/mol. The van der Waals surface area contributed by atoms with E-state index >= 15 is 0 Å². The van der Waals surface area contributed by atoms with Crippen molar-refractivity contribution in [3.05, 3.63) is 0 Å². The van der Waals surface area contributed by atoms with Crippen LogP contribution in [0.25, 0.3) is 0 Å². The van der Waals surface area contributed by atoms with E-state index in [-0.39, 0.29) is 11.9 Å². The predicted octanol–water partition coefficient (Wildman–Crippen LogP) is 5.50. The molecule has 4 heteroatoms. The van der Waals surface area contributed by atoms with Gasteiger partial charge >= 0.3 is 0 Å². The molecule has 0 amide bonds. The molecule has 1 atom stereocenters. The van der Waals surface area contributed by atoms with E-state index in [0.29, 0.717) is 10.8 Å². The summed E-state index contributed by atoms with van der Waals surface area (Å²) in [4.78, 5) is 2.49. The summed E-state index contributed by atoms with van der Waals surface area (Å²) in [7, 11) is 1.78. The Bertz CT molecular complexity index is 449. The first-order valence-corrected chi connectivity index (χ1v) is 11.6. The SMILES string of the molecule is CCCN(CCOC)CCC1COC2(CCC(C(C)(C)CC(C)(C)C)CC2)O1. The van der Waals surface area contributed by atoms with Crippen LogP contribution in [0.1, 0.15) is 86.5 Å². The molecule has 0 bridgehead atoms. The van der Waals surface area contributed by atoms with E-state index in [1.807, 2.05) is 0 Å². The second-order valence-electron chi connectivity index (χ2n) is 11.1. The summed E-state index contributed by atoms with van der Waals surface area (Å²) < 4.78 is 18.0. The molecule has 0 aromatic heterocycles. The van der Waals surface area contributed by atoms with Crippen molar-refractivity contribution in [1.29, 1.82) is 0 Å². The van der Waals surface area contributed by atoms with Crippen LogP contribution in [0.2, 0.25) is 0 Å². The molecule has 4 nitrogen and oxygen atoms in total. The number of hydrogen-bond acceptors (Lipinski definition) is 4. The van der Waals surface area contributed by atoms with Crippen molar-refractivity contribution in [3.63, 3.8) is 0 Å². The summed E-state index contributed by atoms with van der Waals surface area (Å²) in [6.07, 6.45) is 8.34. The van der Waals surface area contributed by atoms with Gasteiger partial charge in [0.1, 0.15) is 0 Å². The molecule has 0 N–H and O–H groups in total. The molecule has 1 saturated heterocycles. The number of nitrogens with zero attached hydrogens (tertiary/aromatic N) is 1. The highest BCUT2D eigenvalue weighted by Crippen LogP contribution is 2.49. The Kier molecular flexibility index (Phi) is 8.82. The van der Waals surface area contributed by atoms with Crippen LogP contribution < -0.4 is 0 Å². The fourth-order valence-corrected chi connectivity index (χ4v) is 5.57. The minimum Gasteiger partial charge on any atom is -0.383 e. The largest absolute Gasteiger partial charge is 0.383 e. The molecule has 1 saturated carbocycles. The van der Waals surface area contributed by atoms with E-state index in [2.05, 4.69) is 46.4 Å². The minimum atomic E-state index is -0.291.